The zero-order chi connectivity index (χ0) is 23.5. The SMILES string of the molecule is CCCCc1ccc(N2C3CCC2CC(OC(c2ccc(F)cc2)c2ccc(F)cc2)C3)cc1. The highest BCUT2D eigenvalue weighted by Gasteiger charge is 2.42. The van der Waals surface area contributed by atoms with Crippen LogP contribution in [-0.4, -0.2) is 18.2 Å². The molecule has 2 atom stereocenters. The summed E-state index contributed by atoms with van der Waals surface area (Å²) in [5, 5.41) is 0. The summed E-state index contributed by atoms with van der Waals surface area (Å²) in [5.74, 6) is -0.539. The first-order valence-corrected chi connectivity index (χ1v) is 12.6. The van der Waals surface area contributed by atoms with Crippen LogP contribution in [0.25, 0.3) is 0 Å². The second-order valence-corrected chi connectivity index (χ2v) is 9.77. The van der Waals surface area contributed by atoms with Crippen LogP contribution in [0.5, 0.6) is 0 Å². The molecule has 2 unspecified atom stereocenters. The lowest BCUT2D eigenvalue weighted by Gasteiger charge is -2.41. The number of ether oxygens (including phenoxy) is 1. The lowest BCUT2D eigenvalue weighted by atomic mass is 9.96. The molecule has 0 amide bonds. The molecule has 2 saturated heterocycles. The van der Waals surface area contributed by atoms with Gasteiger partial charge in [-0.25, -0.2) is 8.78 Å². The molecular weight excluding hydrogens is 428 g/mol. The van der Waals surface area contributed by atoms with Crippen molar-refractivity contribution in [2.24, 2.45) is 0 Å². The summed E-state index contributed by atoms with van der Waals surface area (Å²) in [7, 11) is 0. The fourth-order valence-electron chi connectivity index (χ4n) is 5.69. The number of nitrogens with zero attached hydrogens (tertiary/aromatic N) is 1. The molecule has 0 aromatic heterocycles. The van der Waals surface area contributed by atoms with E-state index in [2.05, 4.69) is 36.1 Å². The predicted octanol–water partition coefficient (Wildman–Crippen LogP) is 7.61. The van der Waals surface area contributed by atoms with Gasteiger partial charge in [0.25, 0.3) is 0 Å². The Morgan fingerprint density at radius 3 is 1.82 bits per heavy atom. The molecule has 3 aromatic rings. The normalized spacial score (nSPS) is 21.9. The zero-order valence-electron chi connectivity index (χ0n) is 19.8. The Hall–Kier alpha value is -2.72. The molecule has 3 aromatic carbocycles. The molecule has 2 heterocycles. The summed E-state index contributed by atoms with van der Waals surface area (Å²) in [6.07, 6.45) is 7.66. The number of aryl methyl sites for hydroxylation is 1. The summed E-state index contributed by atoms with van der Waals surface area (Å²) < 4.78 is 33.8. The first-order valence-electron chi connectivity index (χ1n) is 12.6. The molecular formula is C30H33F2NO. The largest absolute Gasteiger partial charge is 0.365 e. The van der Waals surface area contributed by atoms with Crippen LogP contribution in [0.4, 0.5) is 14.5 Å². The van der Waals surface area contributed by atoms with Gasteiger partial charge in [0, 0.05) is 17.8 Å². The van der Waals surface area contributed by atoms with Crippen molar-refractivity contribution in [1.29, 1.82) is 0 Å². The Kier molecular flexibility index (Phi) is 6.96. The third-order valence-electron chi connectivity index (χ3n) is 7.42. The van der Waals surface area contributed by atoms with Crippen molar-refractivity contribution in [2.45, 2.75) is 76.2 Å². The van der Waals surface area contributed by atoms with Crippen LogP contribution >= 0.6 is 0 Å². The van der Waals surface area contributed by atoms with Gasteiger partial charge in [-0.1, -0.05) is 49.7 Å². The number of unbranched alkanes of at least 4 members (excludes halogenated alkanes) is 1. The highest BCUT2D eigenvalue weighted by atomic mass is 19.1. The van der Waals surface area contributed by atoms with Gasteiger partial charge >= 0.3 is 0 Å². The second-order valence-electron chi connectivity index (χ2n) is 9.77. The molecule has 2 bridgehead atoms. The van der Waals surface area contributed by atoms with Crippen molar-refractivity contribution in [2.75, 3.05) is 4.90 Å². The van der Waals surface area contributed by atoms with Crippen molar-refractivity contribution in [1.82, 2.24) is 0 Å². The van der Waals surface area contributed by atoms with Gasteiger partial charge < -0.3 is 9.64 Å². The van der Waals surface area contributed by atoms with E-state index in [0.29, 0.717) is 12.1 Å². The van der Waals surface area contributed by atoms with E-state index in [4.69, 9.17) is 4.74 Å². The van der Waals surface area contributed by atoms with E-state index in [1.807, 2.05) is 0 Å². The van der Waals surface area contributed by atoms with E-state index >= 15 is 0 Å². The van der Waals surface area contributed by atoms with E-state index < -0.39 is 0 Å². The maximum absolute atomic E-state index is 13.6. The highest BCUT2D eigenvalue weighted by Crippen LogP contribution is 2.42. The van der Waals surface area contributed by atoms with Crippen LogP contribution < -0.4 is 4.90 Å². The van der Waals surface area contributed by atoms with Crippen molar-refractivity contribution < 1.29 is 13.5 Å². The Labute approximate surface area is 201 Å². The van der Waals surface area contributed by atoms with Gasteiger partial charge in [-0.05, 0) is 91.6 Å². The number of piperidine rings is 1. The van der Waals surface area contributed by atoms with E-state index in [1.165, 1.54) is 61.2 Å². The van der Waals surface area contributed by atoms with Gasteiger partial charge in [0.1, 0.15) is 17.7 Å². The van der Waals surface area contributed by atoms with Crippen LogP contribution in [0, 0.1) is 11.6 Å². The van der Waals surface area contributed by atoms with E-state index in [-0.39, 0.29) is 23.8 Å². The monoisotopic (exact) mass is 461 g/mol. The second kappa shape index (κ2) is 10.3. The van der Waals surface area contributed by atoms with Gasteiger partial charge in [-0.15, -0.1) is 0 Å². The summed E-state index contributed by atoms with van der Waals surface area (Å²) in [5.41, 5.74) is 4.52. The van der Waals surface area contributed by atoms with Crippen molar-refractivity contribution in [3.8, 4) is 0 Å². The number of rotatable bonds is 8. The fourth-order valence-corrected chi connectivity index (χ4v) is 5.69. The van der Waals surface area contributed by atoms with Gasteiger partial charge in [-0.2, -0.15) is 0 Å². The highest BCUT2D eigenvalue weighted by molar-refractivity contribution is 5.51. The predicted molar refractivity (Wildman–Crippen MR) is 133 cm³/mol. The van der Waals surface area contributed by atoms with Crippen molar-refractivity contribution in [3.05, 3.63) is 101 Å². The fraction of sp³-hybridized carbons (Fsp3) is 0.400. The molecule has 4 heteroatoms. The lowest BCUT2D eigenvalue weighted by Crippen LogP contribution is -2.45. The van der Waals surface area contributed by atoms with Gasteiger partial charge in [0.05, 0.1) is 6.10 Å². The maximum Gasteiger partial charge on any atom is 0.123 e. The van der Waals surface area contributed by atoms with Gasteiger partial charge in [0.2, 0.25) is 0 Å². The molecule has 2 fully saturated rings. The van der Waals surface area contributed by atoms with Gasteiger partial charge in [0.15, 0.2) is 0 Å². The molecule has 0 N–H and O–H groups in total. The van der Waals surface area contributed by atoms with E-state index in [9.17, 15) is 8.78 Å². The minimum absolute atomic E-state index is 0.109. The molecule has 0 aliphatic carbocycles. The standard InChI is InChI=1S/C30H33F2NO/c1-2-3-4-21-5-15-26(16-6-21)33-27-17-18-28(33)20-29(19-27)34-30(22-7-11-24(31)12-8-22)23-9-13-25(32)14-10-23/h5-16,27-30H,2-4,17-20H2,1H3. The summed E-state index contributed by atoms with van der Waals surface area (Å²) in [6, 6.07) is 23.0. The number of hydrogen-bond acceptors (Lipinski definition) is 2. The number of halogens is 2. The first kappa shape index (κ1) is 23.0. The van der Waals surface area contributed by atoms with Crippen LogP contribution in [0.3, 0.4) is 0 Å². The lowest BCUT2D eigenvalue weighted by molar-refractivity contribution is -0.0132. The number of hydrogen-bond donors (Lipinski definition) is 0. The smallest absolute Gasteiger partial charge is 0.123 e. The van der Waals surface area contributed by atoms with Gasteiger partial charge in [-0.3, -0.25) is 0 Å². The number of benzene rings is 3. The average molecular weight is 462 g/mol. The molecule has 178 valence electrons. The van der Waals surface area contributed by atoms with E-state index in [1.54, 1.807) is 24.3 Å². The minimum atomic E-state index is -0.338. The van der Waals surface area contributed by atoms with Crippen LogP contribution in [-0.2, 0) is 11.2 Å². The Morgan fingerprint density at radius 2 is 1.32 bits per heavy atom. The molecule has 2 aliphatic rings. The van der Waals surface area contributed by atoms with Crippen molar-refractivity contribution in [3.63, 3.8) is 0 Å². The molecule has 2 nitrogen and oxygen atoms in total. The third kappa shape index (κ3) is 5.02. The topological polar surface area (TPSA) is 12.5 Å². The number of anilines is 1. The molecule has 0 saturated carbocycles. The Balaban J connectivity index is 1.32. The van der Waals surface area contributed by atoms with Crippen LogP contribution in [0.15, 0.2) is 72.8 Å². The molecule has 0 spiro atoms. The number of fused-ring (bicyclic) bond motifs is 2. The zero-order valence-corrected chi connectivity index (χ0v) is 19.8. The molecule has 2 aliphatic heterocycles. The van der Waals surface area contributed by atoms with E-state index in [0.717, 1.165) is 30.4 Å². The Morgan fingerprint density at radius 1 is 0.794 bits per heavy atom. The summed E-state index contributed by atoms with van der Waals surface area (Å²) in [4.78, 5) is 2.61. The first-order chi connectivity index (χ1) is 16.6. The Bertz CT molecular complexity index is 1000. The summed E-state index contributed by atoms with van der Waals surface area (Å²) in [6.45, 7) is 2.23. The third-order valence-corrected chi connectivity index (χ3v) is 7.42. The molecule has 0 radical (unpaired) electrons. The summed E-state index contributed by atoms with van der Waals surface area (Å²) >= 11 is 0. The average Bonchev–Trinajstić information content (AvgIpc) is 3.12. The van der Waals surface area contributed by atoms with Crippen LogP contribution in [0.1, 0.15) is 68.2 Å². The minimum Gasteiger partial charge on any atom is -0.365 e. The molecule has 5 rings (SSSR count). The molecule has 34 heavy (non-hydrogen) atoms. The van der Waals surface area contributed by atoms with Crippen LogP contribution in [0.2, 0.25) is 0 Å². The maximum atomic E-state index is 13.6. The van der Waals surface area contributed by atoms with Crippen molar-refractivity contribution >= 4 is 5.69 Å². The quantitative estimate of drug-likeness (QED) is 0.342.